The molecule has 92 valence electrons. The maximum Gasteiger partial charge on any atom is 0.0193 e. The molecule has 0 aromatic heterocycles. The Morgan fingerprint density at radius 3 is 1.67 bits per heavy atom. The van der Waals surface area contributed by atoms with E-state index in [9.17, 15) is 0 Å². The molecule has 2 nitrogen and oxygen atoms in total. The second kappa shape index (κ2) is 8.12. The highest BCUT2D eigenvalue weighted by Crippen LogP contribution is 2.38. The fourth-order valence-corrected chi connectivity index (χ4v) is 1.96. The van der Waals surface area contributed by atoms with Crippen LogP contribution in [0.3, 0.4) is 0 Å². The molecule has 0 aromatic rings. The number of nitrogens with zero attached hydrogens (tertiary/aromatic N) is 1. The first kappa shape index (κ1) is 14.9. The summed E-state index contributed by atoms with van der Waals surface area (Å²) in [6.45, 7) is 8.67. The maximum absolute atomic E-state index is 3.46. The summed E-state index contributed by atoms with van der Waals surface area (Å²) in [4.78, 5) is 2.18. The van der Waals surface area contributed by atoms with Crippen molar-refractivity contribution in [3.63, 3.8) is 0 Å². The third-order valence-corrected chi connectivity index (χ3v) is 3.09. The molecule has 0 amide bonds. The Morgan fingerprint density at radius 1 is 1.13 bits per heavy atom. The van der Waals surface area contributed by atoms with E-state index in [-0.39, 0.29) is 0 Å². The van der Waals surface area contributed by atoms with E-state index in [0.29, 0.717) is 5.54 Å². The summed E-state index contributed by atoms with van der Waals surface area (Å²) in [5, 5.41) is 3.46. The van der Waals surface area contributed by atoms with Crippen molar-refractivity contribution in [1.82, 2.24) is 10.2 Å². The first-order valence-electron chi connectivity index (χ1n) is 6.58. The average molecular weight is 214 g/mol. The van der Waals surface area contributed by atoms with Gasteiger partial charge in [0.05, 0.1) is 0 Å². The van der Waals surface area contributed by atoms with Gasteiger partial charge in [-0.2, -0.15) is 0 Å². The first-order chi connectivity index (χ1) is 7.18. The molecule has 2 rings (SSSR count). The largest absolute Gasteiger partial charge is 0.311 e. The second-order valence-electron chi connectivity index (χ2n) is 4.61. The molecule has 15 heavy (non-hydrogen) atoms. The quantitative estimate of drug-likeness (QED) is 0.760. The van der Waals surface area contributed by atoms with E-state index in [2.05, 4.69) is 31.2 Å². The van der Waals surface area contributed by atoms with Crippen molar-refractivity contribution >= 4 is 0 Å². The van der Waals surface area contributed by atoms with Crippen molar-refractivity contribution in [2.24, 2.45) is 0 Å². The summed E-state index contributed by atoms with van der Waals surface area (Å²) in [6, 6.07) is 0. The molecule has 1 aliphatic carbocycles. The zero-order valence-corrected chi connectivity index (χ0v) is 11.4. The van der Waals surface area contributed by atoms with Gasteiger partial charge in [-0.25, -0.2) is 0 Å². The summed E-state index contributed by atoms with van der Waals surface area (Å²) < 4.78 is 0. The predicted molar refractivity (Wildman–Crippen MR) is 69.4 cm³/mol. The molecular formula is C13H30N2. The van der Waals surface area contributed by atoms with Crippen LogP contribution < -0.4 is 5.32 Å². The minimum atomic E-state index is 0.694. The van der Waals surface area contributed by atoms with Crippen molar-refractivity contribution in [3.8, 4) is 0 Å². The molecule has 1 saturated carbocycles. The highest BCUT2D eigenvalue weighted by Gasteiger charge is 2.41. The van der Waals surface area contributed by atoms with Crippen LogP contribution in [0.1, 0.15) is 52.9 Å². The van der Waals surface area contributed by atoms with Gasteiger partial charge in [-0.15, -0.1) is 0 Å². The fraction of sp³-hybridized carbons (Fsp3) is 1.00. The van der Waals surface area contributed by atoms with Gasteiger partial charge in [0.2, 0.25) is 0 Å². The summed E-state index contributed by atoms with van der Waals surface area (Å²) in [5.41, 5.74) is 0.694. The number of hydrogen-bond acceptors (Lipinski definition) is 2. The molecule has 1 heterocycles. The van der Waals surface area contributed by atoms with E-state index in [1.54, 1.807) is 0 Å². The zero-order valence-electron chi connectivity index (χ0n) is 11.4. The van der Waals surface area contributed by atoms with Crippen molar-refractivity contribution in [2.75, 3.05) is 27.2 Å². The molecule has 0 bridgehead atoms. The summed E-state index contributed by atoms with van der Waals surface area (Å²) in [6.07, 6.45) is 7.08. The Hall–Kier alpha value is -0.0800. The highest BCUT2D eigenvalue weighted by molar-refractivity contribution is 5.02. The molecule has 2 heteroatoms. The molecule has 1 saturated heterocycles. The molecule has 0 radical (unpaired) electrons. The monoisotopic (exact) mass is 214 g/mol. The van der Waals surface area contributed by atoms with Crippen LogP contribution in [0, 0.1) is 0 Å². The van der Waals surface area contributed by atoms with Gasteiger partial charge in [0.15, 0.2) is 0 Å². The molecule has 0 unspecified atom stereocenters. The third kappa shape index (κ3) is 5.53. The lowest BCUT2D eigenvalue weighted by Crippen LogP contribution is -2.61. The first-order valence-corrected chi connectivity index (χ1v) is 6.58. The smallest absolute Gasteiger partial charge is 0.0193 e. The van der Waals surface area contributed by atoms with E-state index in [1.165, 1.54) is 45.2 Å². The summed E-state index contributed by atoms with van der Waals surface area (Å²) in [7, 11) is 4.17. The van der Waals surface area contributed by atoms with Gasteiger partial charge in [-0.3, -0.25) is 0 Å². The standard InChI is InChI=1S/C6H11N.C5H13N.C2H6/c1-2-6(3-1)4-5-7-6;1-4-5-6(2)3;1-2/h7H,1-5H2;4-5H2,1-3H3;1-2H3. The Bertz CT molecular complexity index is 120. The predicted octanol–water partition coefficient (Wildman–Crippen LogP) is 2.89. The van der Waals surface area contributed by atoms with Crippen molar-refractivity contribution in [3.05, 3.63) is 0 Å². The molecule has 2 aliphatic rings. The summed E-state index contributed by atoms with van der Waals surface area (Å²) >= 11 is 0. The van der Waals surface area contributed by atoms with E-state index in [1.807, 2.05) is 13.8 Å². The van der Waals surface area contributed by atoms with Crippen LogP contribution in [0.4, 0.5) is 0 Å². The Kier molecular flexibility index (Phi) is 8.07. The Morgan fingerprint density at radius 2 is 1.67 bits per heavy atom. The Labute approximate surface area is 96.4 Å². The van der Waals surface area contributed by atoms with Gasteiger partial charge >= 0.3 is 0 Å². The average Bonchev–Trinajstić information content (AvgIpc) is 2.03. The normalized spacial score (nSPS) is 20.4. The van der Waals surface area contributed by atoms with E-state index >= 15 is 0 Å². The van der Waals surface area contributed by atoms with E-state index in [0.717, 1.165) is 0 Å². The summed E-state index contributed by atoms with van der Waals surface area (Å²) in [5.74, 6) is 0. The number of rotatable bonds is 2. The van der Waals surface area contributed by atoms with Crippen LogP contribution in [0.15, 0.2) is 0 Å². The molecule has 0 aromatic carbocycles. The van der Waals surface area contributed by atoms with Gasteiger partial charge in [-0.1, -0.05) is 20.8 Å². The third-order valence-electron chi connectivity index (χ3n) is 3.09. The minimum Gasteiger partial charge on any atom is -0.311 e. The van der Waals surface area contributed by atoms with Gasteiger partial charge in [0.1, 0.15) is 0 Å². The van der Waals surface area contributed by atoms with E-state index in [4.69, 9.17) is 0 Å². The van der Waals surface area contributed by atoms with Crippen LogP contribution >= 0.6 is 0 Å². The van der Waals surface area contributed by atoms with Crippen molar-refractivity contribution < 1.29 is 0 Å². The van der Waals surface area contributed by atoms with Crippen molar-refractivity contribution in [2.45, 2.75) is 58.4 Å². The minimum absolute atomic E-state index is 0.694. The van der Waals surface area contributed by atoms with Gasteiger partial charge < -0.3 is 10.2 Å². The van der Waals surface area contributed by atoms with Crippen LogP contribution in [0.25, 0.3) is 0 Å². The molecule has 0 atom stereocenters. The van der Waals surface area contributed by atoms with Crippen LogP contribution in [0.2, 0.25) is 0 Å². The fourth-order valence-electron chi connectivity index (χ4n) is 1.96. The van der Waals surface area contributed by atoms with Gasteiger partial charge in [0.25, 0.3) is 0 Å². The second-order valence-corrected chi connectivity index (χ2v) is 4.61. The topological polar surface area (TPSA) is 15.3 Å². The van der Waals surface area contributed by atoms with Crippen molar-refractivity contribution in [1.29, 1.82) is 0 Å². The highest BCUT2D eigenvalue weighted by atomic mass is 15.1. The molecular weight excluding hydrogens is 184 g/mol. The number of nitrogens with one attached hydrogen (secondary N) is 1. The van der Waals surface area contributed by atoms with Crippen LogP contribution in [-0.2, 0) is 0 Å². The maximum atomic E-state index is 3.46. The SMILES string of the molecule is C1CC2(C1)CCN2.CC.CCCN(C)C. The lowest BCUT2D eigenvalue weighted by Gasteiger charge is -2.50. The lowest BCUT2D eigenvalue weighted by atomic mass is 9.70. The Balaban J connectivity index is 0.000000229. The molecule has 1 aliphatic heterocycles. The number of hydrogen-bond donors (Lipinski definition) is 1. The van der Waals surface area contributed by atoms with Gasteiger partial charge in [-0.05, 0) is 59.3 Å². The van der Waals surface area contributed by atoms with Gasteiger partial charge in [0, 0.05) is 5.54 Å². The van der Waals surface area contributed by atoms with E-state index < -0.39 is 0 Å². The van der Waals surface area contributed by atoms with Crippen LogP contribution in [0.5, 0.6) is 0 Å². The molecule has 2 fully saturated rings. The lowest BCUT2D eigenvalue weighted by molar-refractivity contribution is 0.101. The molecule has 1 N–H and O–H groups in total. The zero-order chi connectivity index (χ0) is 11.7. The van der Waals surface area contributed by atoms with Crippen LogP contribution in [-0.4, -0.2) is 37.6 Å². The molecule has 1 spiro atoms.